The fourth-order valence-electron chi connectivity index (χ4n) is 9.85. The van der Waals surface area contributed by atoms with Crippen molar-refractivity contribution >= 4 is 49.8 Å². The van der Waals surface area contributed by atoms with E-state index < -0.39 is 257 Å². The highest BCUT2D eigenvalue weighted by atomic mass is 16.3. The molecule has 2 heteroatoms. The maximum atomic E-state index is 10.7. The second kappa shape index (κ2) is 14.7. The monoisotopic (exact) mass is 883 g/mol. The maximum absolute atomic E-state index is 10.7. The quantitative estimate of drug-likeness (QED) is 0.165. The van der Waals surface area contributed by atoms with Gasteiger partial charge in [-0.15, -0.1) is 0 Å². The highest BCUT2D eigenvalue weighted by Gasteiger charge is 2.50. The number of benzene rings is 9. The van der Waals surface area contributed by atoms with Crippen molar-refractivity contribution in [3.05, 3.63) is 208 Å². The summed E-state index contributed by atoms with van der Waals surface area (Å²) in [6.07, 6.45) is -2.97. The van der Waals surface area contributed by atoms with Gasteiger partial charge in [-0.25, -0.2) is 0 Å². The molecule has 1 heterocycles. The summed E-state index contributed by atoms with van der Waals surface area (Å²) < 4.78 is 283. The van der Waals surface area contributed by atoms with Crippen LogP contribution >= 0.6 is 0 Å². The van der Waals surface area contributed by atoms with Crippen LogP contribution in [0.1, 0.15) is 118 Å². The molecule has 12 rings (SSSR count). The third kappa shape index (κ3) is 5.73. The average molecular weight is 883 g/mol. The molecule has 0 fully saturated rings. The predicted molar refractivity (Wildman–Crippen MR) is 280 cm³/mol. The zero-order chi connectivity index (χ0) is 70.5. The molecular formula is C64H55NO. The van der Waals surface area contributed by atoms with E-state index >= 15 is 0 Å². The lowest BCUT2D eigenvalue weighted by Crippen LogP contribution is -2.39. The van der Waals surface area contributed by atoms with E-state index in [9.17, 15) is 26.0 Å². The van der Waals surface area contributed by atoms with Crippen LogP contribution in [0.25, 0.3) is 77.2 Å². The van der Waals surface area contributed by atoms with Gasteiger partial charge in [-0.3, -0.25) is 0 Å². The molecule has 0 bridgehead atoms. The second-order valence-electron chi connectivity index (χ2n) is 17.7. The zero-order valence-electron chi connectivity index (χ0n) is 66.1. The van der Waals surface area contributed by atoms with Crippen molar-refractivity contribution < 1.29 is 44.2 Å². The van der Waals surface area contributed by atoms with Crippen LogP contribution in [0, 0.1) is 33.1 Å². The predicted octanol–water partition coefficient (Wildman–Crippen LogP) is 18.1. The summed E-state index contributed by atoms with van der Waals surface area (Å²) in [6, 6.07) is -20.7. The summed E-state index contributed by atoms with van der Waals surface area (Å²) in [5.74, 6) is 0. The molecule has 0 N–H and O–H groups in total. The number of hydrogen-bond acceptors (Lipinski definition) is 2. The zero-order valence-corrected chi connectivity index (χ0v) is 37.1. The fourth-order valence-corrected chi connectivity index (χ4v) is 9.85. The Kier molecular flexibility index (Phi) is 4.48. The largest absolute Gasteiger partial charge is 0.453 e. The molecule has 322 valence electrons. The van der Waals surface area contributed by atoms with E-state index in [1.165, 1.54) is 34.6 Å². The molecule has 0 radical (unpaired) electrons. The van der Waals surface area contributed by atoms with Gasteiger partial charge < -0.3 is 9.32 Å². The number of nitrogens with zero attached hydrogens (tertiary/aromatic N) is 1. The minimum absolute atomic E-state index is 0.0483. The topological polar surface area (TPSA) is 16.4 Å². The summed E-state index contributed by atoms with van der Waals surface area (Å²) in [4.78, 5) is 0.732. The molecule has 0 saturated heterocycles. The Hall–Kier alpha value is -7.16. The van der Waals surface area contributed by atoms with E-state index in [0.717, 1.165) is 11.8 Å². The van der Waals surface area contributed by atoms with Crippen molar-refractivity contribution in [3.63, 3.8) is 0 Å². The molecule has 0 amide bonds. The van der Waals surface area contributed by atoms with Crippen LogP contribution in [-0.4, -0.2) is 0 Å². The van der Waals surface area contributed by atoms with Crippen molar-refractivity contribution in [2.24, 2.45) is 5.41 Å². The van der Waals surface area contributed by atoms with Gasteiger partial charge in [0, 0.05) is 35.7 Å². The highest BCUT2D eigenvalue weighted by molar-refractivity contribution is 6.21. The molecule has 2 aliphatic rings. The van der Waals surface area contributed by atoms with Crippen LogP contribution in [0.3, 0.4) is 0 Å². The van der Waals surface area contributed by atoms with Crippen molar-refractivity contribution in [3.8, 4) is 44.5 Å². The van der Waals surface area contributed by atoms with E-state index in [1.807, 2.05) is 0 Å². The van der Waals surface area contributed by atoms with Crippen molar-refractivity contribution in [1.29, 1.82) is 0 Å². The molecule has 1 aromatic heterocycles. The number of anilines is 3. The first-order valence-corrected chi connectivity index (χ1v) is 21.3. The molecule has 1 unspecified atom stereocenters. The van der Waals surface area contributed by atoms with Crippen molar-refractivity contribution in [2.45, 2.75) is 73.6 Å². The Balaban J connectivity index is 1.33. The third-order valence-corrected chi connectivity index (χ3v) is 13.0. The Bertz CT molecular complexity index is 5250. The molecule has 0 saturated carbocycles. The minimum Gasteiger partial charge on any atom is -0.453 e. The summed E-state index contributed by atoms with van der Waals surface area (Å²) in [6.45, 7) is 11.5. The summed E-state index contributed by atoms with van der Waals surface area (Å²) in [7, 11) is 0. The smallest absolute Gasteiger partial charge is 0.159 e. The number of hydrogen-bond donors (Lipinski definition) is 0. The standard InChI is InChI=1S/C64H55NO/c1-9-64(63(6,7)8)56-25-13-12-20-48(56)49-31-30-45(36-57(49)64)65(58-32-29-43(34-40(58)4)42-18-14-17-38(2)33-42)59-26-16-24-52-55-37-54(46-19-10-11-21-51(46)61(55)66-62(52)59)47-22-15-23-50-53(47)35-44-28-27-39(3)41(5)60(44)50/h10-34,36-37H,9,35H2,1-8H3/i9D2,10D,11D,12D,13D,14D,15D,16D,17D,18D,19D,20D,21D,22D,23D,24D,25D,26D,27D,28D,29D,30D,31D,32D,33D,34D,36D,37D. The van der Waals surface area contributed by atoms with Crippen molar-refractivity contribution in [1.82, 2.24) is 0 Å². The lowest BCUT2D eigenvalue weighted by atomic mass is 9.59. The molecule has 2 nitrogen and oxygen atoms in total. The van der Waals surface area contributed by atoms with Gasteiger partial charge in [0.05, 0.1) is 42.7 Å². The fraction of sp³-hybridized carbons (Fsp3) is 0.188. The average Bonchev–Trinajstić information content (AvgIpc) is 1.52. The summed E-state index contributed by atoms with van der Waals surface area (Å²) >= 11 is 0. The number of furan rings is 1. The highest BCUT2D eigenvalue weighted by Crippen LogP contribution is 2.60. The van der Waals surface area contributed by atoms with Crippen LogP contribution in [0.5, 0.6) is 0 Å². The molecule has 66 heavy (non-hydrogen) atoms. The minimum atomic E-state index is -2.70. The van der Waals surface area contributed by atoms with Crippen LogP contribution in [0.2, 0.25) is 0 Å². The Morgan fingerprint density at radius 1 is 0.561 bits per heavy atom. The van der Waals surface area contributed by atoms with E-state index in [0.29, 0.717) is 16.7 Å². The van der Waals surface area contributed by atoms with E-state index in [4.69, 9.17) is 18.1 Å². The van der Waals surface area contributed by atoms with Gasteiger partial charge in [-0.2, -0.15) is 0 Å². The van der Waals surface area contributed by atoms with E-state index in [-0.39, 0.29) is 51.9 Å². The maximum Gasteiger partial charge on any atom is 0.159 e. The van der Waals surface area contributed by atoms with Gasteiger partial charge >= 0.3 is 0 Å². The van der Waals surface area contributed by atoms with Crippen LogP contribution in [0.15, 0.2) is 168 Å². The first kappa shape index (κ1) is 20.1. The number of fused-ring (bicyclic) bond motifs is 11. The first-order chi connectivity index (χ1) is 43.9. The van der Waals surface area contributed by atoms with Crippen LogP contribution in [0.4, 0.5) is 17.1 Å². The molecule has 2 aliphatic carbocycles. The molecule has 9 aromatic carbocycles. The molecular weight excluding hydrogens is 799 g/mol. The van der Waals surface area contributed by atoms with Gasteiger partial charge in [0.15, 0.2) is 5.58 Å². The number of rotatable bonds is 6. The van der Waals surface area contributed by atoms with Gasteiger partial charge in [0.1, 0.15) is 5.58 Å². The first-order valence-electron chi connectivity index (χ1n) is 35.8. The van der Waals surface area contributed by atoms with E-state index in [1.54, 1.807) is 13.8 Å². The summed E-state index contributed by atoms with van der Waals surface area (Å²) in [5, 5.41) is -2.19. The van der Waals surface area contributed by atoms with Gasteiger partial charge in [0.2, 0.25) is 0 Å². The van der Waals surface area contributed by atoms with Crippen LogP contribution in [-0.2, 0) is 11.8 Å². The Morgan fingerprint density at radius 3 is 2.09 bits per heavy atom. The molecule has 0 spiro atoms. The normalized spacial score (nSPS) is 21.4. The molecule has 0 aliphatic heterocycles. The van der Waals surface area contributed by atoms with E-state index in [2.05, 4.69) is 0 Å². The van der Waals surface area contributed by atoms with Gasteiger partial charge in [-0.05, 0) is 171 Å². The Labute approximate surface area is 429 Å². The SMILES string of the molecule is [2H]c1c([2H])c(C)c([2H])c(-c2c([2H])c([2H])c(N(c3c([2H])c([2H])c4c(c3[2H])C(C([2H])([2H])C)(C(C)(C)C)c3c([2H])c([2H])c([2H])c([2H])c3-4)c3c([2H])c([2H])c([2H])c4c3oc3c5c([2H])c([2H])c([2H])c([2H])c5c(-c5c([2H])c([2H])c([2H])c6c5Cc5c([2H])c([2H])c(C)c(C)c5-6)c([2H])c34)c(C)c2[2H])c1[2H]. The summed E-state index contributed by atoms with van der Waals surface area (Å²) in [5.41, 5.74) is -10.7. The van der Waals surface area contributed by atoms with Crippen LogP contribution < -0.4 is 4.90 Å². The lowest BCUT2D eigenvalue weighted by Gasteiger charge is -2.44. The Morgan fingerprint density at radius 2 is 1.26 bits per heavy atom. The van der Waals surface area contributed by atoms with Gasteiger partial charge in [0.25, 0.3) is 0 Å². The van der Waals surface area contributed by atoms with Gasteiger partial charge in [-0.1, -0.05) is 160 Å². The molecule has 10 aromatic rings. The third-order valence-electron chi connectivity index (χ3n) is 13.0. The molecule has 1 atom stereocenters. The second-order valence-corrected chi connectivity index (χ2v) is 17.7. The lowest BCUT2D eigenvalue weighted by molar-refractivity contribution is 0.225. The van der Waals surface area contributed by atoms with Crippen molar-refractivity contribution in [2.75, 3.05) is 4.90 Å². The number of para-hydroxylation sites is 1.